The fourth-order valence-corrected chi connectivity index (χ4v) is 9.91. The molecule has 18 N–H and O–H groups in total. The predicted molar refractivity (Wildman–Crippen MR) is 346 cm³/mol. The van der Waals surface area contributed by atoms with Gasteiger partial charge in [-0.1, -0.05) is 61.5 Å². The molecule has 4 atom stereocenters. The quantitative estimate of drug-likeness (QED) is 0.00713. The number of nitrogens with two attached hydrogens (primary N) is 2. The van der Waals surface area contributed by atoms with E-state index in [2.05, 4.69) is 58.2 Å². The highest BCUT2D eigenvalue weighted by atomic mass is 16.4. The standard InChI is InChI=1S/C61H87N17O15/c1-2-48(81)65-22-25-70-61(93)74-60(63)69-19-6-10-45(57(90)71-35-40-11-17-44(80)18-12-40)73-59(92)52(41-8-4-3-5-9-41)42-13-15-43(16-14-42)64-20-7-21-66-53-54(56(89)55(53)88)67-23-24-68-58(91)46(34-62)72-47(39-79)78-32-30-76(37-50(84)85)28-26-75(36-49(82)83)27-29-77(31-33-78)38-51(86)87/h3-5,8-9,11-18,39,45-47,52,64,66-67,72,80H,2,6-7,10,19-38,62H2,1H3,(H,65,81)(H,68,91)(H,71,90)(H,73,92)(H,82,83)(H,84,85)(H,86,87)(H4,63,69,70,74,93)/t45-,46-,47?,52?/m1/s1. The van der Waals surface area contributed by atoms with Gasteiger partial charge in [0.05, 0.1) is 25.6 Å². The van der Waals surface area contributed by atoms with Gasteiger partial charge in [0.15, 0.2) is 12.2 Å². The third kappa shape index (κ3) is 26.3. The zero-order chi connectivity index (χ0) is 67.7. The number of carboxylic acid groups (broad SMARTS) is 3. The van der Waals surface area contributed by atoms with E-state index in [1.165, 1.54) is 12.1 Å². The number of aldehydes is 1. The molecule has 506 valence electrons. The maximum Gasteiger partial charge on any atom is 0.321 e. The highest BCUT2D eigenvalue weighted by Gasteiger charge is 2.30. The number of carbonyl (C=O) groups is 9. The second-order valence-corrected chi connectivity index (χ2v) is 21.8. The van der Waals surface area contributed by atoms with Crippen LogP contribution in [-0.2, 0) is 44.9 Å². The van der Waals surface area contributed by atoms with E-state index in [0.717, 1.165) is 0 Å². The van der Waals surface area contributed by atoms with Crippen LogP contribution in [0.5, 0.6) is 5.75 Å². The average Bonchev–Trinajstić information content (AvgIpc) is 0.807. The van der Waals surface area contributed by atoms with Gasteiger partial charge >= 0.3 is 23.9 Å². The Morgan fingerprint density at radius 1 is 0.602 bits per heavy atom. The fraction of sp³-hybridized carbons (Fsp3) is 0.475. The molecule has 0 saturated carbocycles. The SMILES string of the molecule is CCC(=O)NCCNC(=O)NC(N)=NCCC[C@@H](NC(=O)C(c1ccccc1)c1ccc(NCCCNc2c(NCCNC(=O)[C@@H](CN)NC(C=O)N3CCN(CC(=O)O)CCN(CC(=O)O)CCN(CC(=O)O)CC3)c(=O)c2=O)cc1)C(=O)NCc1ccc(O)cc1. The minimum Gasteiger partial charge on any atom is -0.508 e. The monoisotopic (exact) mass is 1300 g/mol. The molecule has 0 radical (unpaired) electrons. The molecular weight excluding hydrogens is 1210 g/mol. The minimum atomic E-state index is -1.13. The van der Waals surface area contributed by atoms with Crippen LogP contribution in [0, 0.1) is 0 Å². The molecule has 1 aliphatic heterocycles. The van der Waals surface area contributed by atoms with Gasteiger partial charge in [0.25, 0.3) is 10.9 Å². The van der Waals surface area contributed by atoms with Gasteiger partial charge in [-0.25, -0.2) is 4.79 Å². The number of aliphatic carboxylic acids is 3. The molecule has 0 aromatic heterocycles. The third-order valence-corrected chi connectivity index (χ3v) is 14.9. The van der Waals surface area contributed by atoms with Gasteiger partial charge in [0, 0.05) is 123 Å². The first-order valence-corrected chi connectivity index (χ1v) is 30.6. The van der Waals surface area contributed by atoms with E-state index in [4.69, 9.17) is 11.5 Å². The number of rotatable bonds is 37. The van der Waals surface area contributed by atoms with Crippen LogP contribution in [0.3, 0.4) is 0 Å². The number of hydrogen-bond donors (Lipinski definition) is 16. The Hall–Kier alpha value is -9.60. The third-order valence-electron chi connectivity index (χ3n) is 14.9. The number of guanidine groups is 1. The summed E-state index contributed by atoms with van der Waals surface area (Å²) in [5.41, 5.74) is 13.3. The van der Waals surface area contributed by atoms with E-state index in [1.54, 1.807) is 75.1 Å². The second kappa shape index (κ2) is 39.6. The molecule has 0 aliphatic carbocycles. The Labute approximate surface area is 537 Å². The first-order valence-electron chi connectivity index (χ1n) is 30.6. The molecule has 32 nitrogen and oxygen atoms in total. The van der Waals surface area contributed by atoms with Gasteiger partial charge in [0.1, 0.15) is 35.4 Å². The molecule has 2 unspecified atom stereocenters. The lowest BCUT2D eigenvalue weighted by Crippen LogP contribution is -2.60. The number of phenolic OH excluding ortho intramolecular Hbond substituents is 1. The van der Waals surface area contributed by atoms with Gasteiger partial charge in [-0.2, -0.15) is 0 Å². The Morgan fingerprint density at radius 2 is 1.13 bits per heavy atom. The molecule has 93 heavy (non-hydrogen) atoms. The average molecular weight is 1300 g/mol. The van der Waals surface area contributed by atoms with Crippen LogP contribution in [0.1, 0.15) is 55.2 Å². The van der Waals surface area contributed by atoms with Crippen molar-refractivity contribution in [3.63, 3.8) is 0 Å². The van der Waals surface area contributed by atoms with Crippen LogP contribution in [0.4, 0.5) is 21.9 Å². The first-order chi connectivity index (χ1) is 44.7. The maximum atomic E-state index is 14.4. The van der Waals surface area contributed by atoms with Gasteiger partial charge in [-0.3, -0.25) is 78.4 Å². The lowest BCUT2D eigenvalue weighted by atomic mass is 9.90. The van der Waals surface area contributed by atoms with E-state index in [9.17, 15) is 73.2 Å². The van der Waals surface area contributed by atoms with Crippen molar-refractivity contribution in [1.29, 1.82) is 0 Å². The molecule has 1 aliphatic rings. The van der Waals surface area contributed by atoms with Crippen molar-refractivity contribution < 1.29 is 63.6 Å². The number of urea groups is 1. The number of hydrogen-bond acceptors (Lipinski definition) is 22. The molecule has 4 aromatic rings. The van der Waals surface area contributed by atoms with Crippen LogP contribution in [0.25, 0.3) is 0 Å². The van der Waals surface area contributed by atoms with Crippen molar-refractivity contribution >= 4 is 76.9 Å². The van der Waals surface area contributed by atoms with Crippen LogP contribution < -0.4 is 75.5 Å². The van der Waals surface area contributed by atoms with Gasteiger partial charge < -0.3 is 79.2 Å². The van der Waals surface area contributed by atoms with Gasteiger partial charge in [-0.15, -0.1) is 0 Å². The lowest BCUT2D eigenvalue weighted by Gasteiger charge is -2.36. The Kier molecular flexibility index (Phi) is 31.6. The normalized spacial score (nSPS) is 15.1. The van der Waals surface area contributed by atoms with Crippen LogP contribution >= 0.6 is 0 Å². The van der Waals surface area contributed by atoms with Crippen LogP contribution in [0.2, 0.25) is 0 Å². The van der Waals surface area contributed by atoms with Crippen LogP contribution in [0.15, 0.2) is 93.4 Å². The molecule has 32 heteroatoms. The predicted octanol–water partition coefficient (Wildman–Crippen LogP) is -2.80. The number of carbonyl (C=O) groups excluding carboxylic acids is 6. The van der Waals surface area contributed by atoms with E-state index in [-0.39, 0.29) is 166 Å². The van der Waals surface area contributed by atoms with E-state index in [1.807, 2.05) is 18.2 Å². The highest BCUT2D eigenvalue weighted by Crippen LogP contribution is 2.27. The summed E-state index contributed by atoms with van der Waals surface area (Å²) >= 11 is 0. The van der Waals surface area contributed by atoms with Crippen LogP contribution in [-0.4, -0.2) is 242 Å². The van der Waals surface area contributed by atoms with E-state index < -0.39 is 76.7 Å². The smallest absolute Gasteiger partial charge is 0.321 e. The molecule has 1 heterocycles. The Morgan fingerprint density at radius 3 is 1.69 bits per heavy atom. The number of nitrogens with one attached hydrogen (secondary N) is 10. The summed E-state index contributed by atoms with van der Waals surface area (Å²) in [6.45, 7) is 2.83. The summed E-state index contributed by atoms with van der Waals surface area (Å²) in [4.78, 5) is 149. The first kappa shape index (κ1) is 74.1. The second-order valence-electron chi connectivity index (χ2n) is 21.8. The van der Waals surface area contributed by atoms with Crippen molar-refractivity contribution in [2.24, 2.45) is 16.5 Å². The van der Waals surface area contributed by atoms with E-state index in [0.29, 0.717) is 48.1 Å². The zero-order valence-electron chi connectivity index (χ0n) is 52.0. The molecule has 0 spiro atoms. The summed E-state index contributed by atoms with van der Waals surface area (Å²) < 4.78 is 0. The number of nitrogens with zero attached hydrogens (tertiary/aromatic N) is 5. The molecule has 5 rings (SSSR count). The number of aromatic hydroxyl groups is 1. The molecular formula is C61H87N17O15. The number of amides is 6. The van der Waals surface area contributed by atoms with Gasteiger partial charge in [0.2, 0.25) is 23.6 Å². The summed E-state index contributed by atoms with van der Waals surface area (Å²) in [6, 6.07) is 19.8. The van der Waals surface area contributed by atoms with Crippen molar-refractivity contribution in [3.05, 3.63) is 116 Å². The lowest BCUT2D eigenvalue weighted by molar-refractivity contribution is -0.140. The highest BCUT2D eigenvalue weighted by molar-refractivity contribution is 5.95. The van der Waals surface area contributed by atoms with E-state index >= 15 is 0 Å². The number of carboxylic acids is 3. The zero-order valence-corrected chi connectivity index (χ0v) is 52.0. The number of phenols is 1. The summed E-state index contributed by atoms with van der Waals surface area (Å²) in [5.74, 6) is -5.96. The van der Waals surface area contributed by atoms with Crippen molar-refractivity contribution in [3.8, 4) is 5.75 Å². The topological polar surface area (TPSA) is 466 Å². The summed E-state index contributed by atoms with van der Waals surface area (Å²) in [6.07, 6.45) is 0.652. The molecule has 1 fully saturated rings. The molecule has 1 saturated heterocycles. The Balaban J connectivity index is 1.12. The molecule has 6 amide bonds. The molecule has 4 aromatic carbocycles. The number of anilines is 3. The molecule has 0 bridgehead atoms. The largest absolute Gasteiger partial charge is 0.508 e. The number of benzene rings is 3. The summed E-state index contributed by atoms with van der Waals surface area (Å²) in [7, 11) is 0. The number of aliphatic imine (C=N–C) groups is 1. The van der Waals surface area contributed by atoms with Crippen molar-refractivity contribution in [2.45, 2.75) is 63.3 Å². The minimum absolute atomic E-state index is 0.0233. The fourth-order valence-electron chi connectivity index (χ4n) is 9.91. The maximum absolute atomic E-state index is 14.4. The summed E-state index contributed by atoms with van der Waals surface area (Å²) in [5, 5.41) is 66.7. The van der Waals surface area contributed by atoms with Crippen molar-refractivity contribution in [1.82, 2.24) is 56.8 Å². The van der Waals surface area contributed by atoms with Crippen molar-refractivity contribution in [2.75, 3.05) is 140 Å². The Bertz CT molecular complexity index is 3160. The van der Waals surface area contributed by atoms with Gasteiger partial charge in [-0.05, 0) is 60.2 Å².